The Morgan fingerprint density at radius 2 is 1.62 bits per heavy atom. The van der Waals surface area contributed by atoms with Gasteiger partial charge in [-0.2, -0.15) is 0 Å². The van der Waals surface area contributed by atoms with Crippen LogP contribution in [-0.4, -0.2) is 11.9 Å². The number of carbonyl (C=O) groups is 1. The van der Waals surface area contributed by atoms with E-state index in [-0.39, 0.29) is 11.9 Å². The monoisotopic (exact) mass is 213 g/mol. The van der Waals surface area contributed by atoms with E-state index < -0.39 is 0 Å². The average molecular weight is 213 g/mol. The standard InChI is InChI=1S/C14H15NO/c1-11(2)15-13-9-7-5-3-4-6-8-12(10-13)14(15)16/h3-11H,1-2H3. The Balaban J connectivity index is 2.59. The number of hydrogen-bond donors (Lipinski definition) is 0. The number of hydrogen-bond acceptors (Lipinski definition) is 1. The summed E-state index contributed by atoms with van der Waals surface area (Å²) in [6.07, 6.45) is 0. The molecule has 2 nitrogen and oxygen atoms in total. The van der Waals surface area contributed by atoms with E-state index in [0.717, 1.165) is 11.3 Å². The smallest absolute Gasteiger partial charge is 0.258 e. The molecule has 0 saturated carbocycles. The summed E-state index contributed by atoms with van der Waals surface area (Å²) in [6, 6.07) is 15.6. The lowest BCUT2D eigenvalue weighted by molar-refractivity contribution is 0.0986. The van der Waals surface area contributed by atoms with Gasteiger partial charge >= 0.3 is 0 Å². The molecule has 0 saturated heterocycles. The van der Waals surface area contributed by atoms with Gasteiger partial charge < -0.3 is 4.90 Å². The zero-order valence-electron chi connectivity index (χ0n) is 9.55. The molecule has 82 valence electrons. The second-order valence-corrected chi connectivity index (χ2v) is 4.09. The number of nitrogens with zero attached hydrogens (tertiary/aromatic N) is 1. The lowest BCUT2D eigenvalue weighted by Gasteiger charge is -2.21. The van der Waals surface area contributed by atoms with E-state index in [1.807, 2.05) is 67.3 Å². The van der Waals surface area contributed by atoms with Crippen LogP contribution in [0.3, 0.4) is 0 Å². The fourth-order valence-corrected chi connectivity index (χ4v) is 1.83. The highest BCUT2D eigenvalue weighted by Crippen LogP contribution is 2.25. The van der Waals surface area contributed by atoms with E-state index in [2.05, 4.69) is 0 Å². The predicted molar refractivity (Wildman–Crippen MR) is 66.0 cm³/mol. The molecule has 16 heavy (non-hydrogen) atoms. The molecule has 2 rings (SSSR count). The first-order chi connectivity index (χ1) is 7.70. The molecule has 1 amide bonds. The molecule has 0 radical (unpaired) electrons. The summed E-state index contributed by atoms with van der Waals surface area (Å²) in [5, 5.41) is 0. The zero-order chi connectivity index (χ0) is 11.5. The number of rotatable bonds is 1. The van der Waals surface area contributed by atoms with Gasteiger partial charge in [0.25, 0.3) is 5.91 Å². The third-order valence-electron chi connectivity index (χ3n) is 2.55. The van der Waals surface area contributed by atoms with Gasteiger partial charge in [0.15, 0.2) is 0 Å². The van der Waals surface area contributed by atoms with Gasteiger partial charge in [-0.25, -0.2) is 0 Å². The van der Waals surface area contributed by atoms with Crippen LogP contribution in [0.5, 0.6) is 0 Å². The van der Waals surface area contributed by atoms with Crippen LogP contribution >= 0.6 is 0 Å². The number of amides is 1. The van der Waals surface area contributed by atoms with Crippen LogP contribution in [0.15, 0.2) is 48.5 Å². The molecule has 0 fully saturated rings. The highest BCUT2D eigenvalue weighted by molar-refractivity contribution is 6.10. The topological polar surface area (TPSA) is 20.3 Å². The van der Waals surface area contributed by atoms with E-state index in [4.69, 9.17) is 0 Å². The van der Waals surface area contributed by atoms with Gasteiger partial charge in [-0.3, -0.25) is 4.79 Å². The fourth-order valence-electron chi connectivity index (χ4n) is 1.83. The Morgan fingerprint density at radius 3 is 2.31 bits per heavy atom. The van der Waals surface area contributed by atoms with Gasteiger partial charge in [0, 0.05) is 17.3 Å². The van der Waals surface area contributed by atoms with Crippen molar-refractivity contribution >= 4 is 11.6 Å². The lowest BCUT2D eigenvalue weighted by atomic mass is 10.3. The molecular weight excluding hydrogens is 198 g/mol. The van der Waals surface area contributed by atoms with Crippen molar-refractivity contribution in [2.45, 2.75) is 19.9 Å². The Bertz CT molecular complexity index is 464. The van der Waals surface area contributed by atoms with Crippen molar-refractivity contribution in [3.63, 3.8) is 0 Å². The van der Waals surface area contributed by atoms with E-state index in [0.29, 0.717) is 0 Å². The summed E-state index contributed by atoms with van der Waals surface area (Å²) >= 11 is 0. The highest BCUT2D eigenvalue weighted by atomic mass is 16.2. The number of carbonyl (C=O) groups excluding carboxylic acids is 1. The minimum atomic E-state index is 0.0844. The molecule has 0 N–H and O–H groups in total. The largest absolute Gasteiger partial charge is 0.306 e. The molecule has 0 aliphatic carbocycles. The zero-order valence-corrected chi connectivity index (χ0v) is 9.55. The van der Waals surface area contributed by atoms with E-state index >= 15 is 0 Å². The minimum absolute atomic E-state index is 0.0844. The summed E-state index contributed by atoms with van der Waals surface area (Å²) in [4.78, 5) is 13.9. The maximum atomic E-state index is 12.1. The van der Waals surface area contributed by atoms with E-state index in [9.17, 15) is 4.79 Å². The molecular formula is C14H15NO. The van der Waals surface area contributed by atoms with Crippen LogP contribution in [-0.2, 0) is 0 Å². The van der Waals surface area contributed by atoms with Gasteiger partial charge in [0.1, 0.15) is 0 Å². The van der Waals surface area contributed by atoms with Crippen LogP contribution in [0.2, 0.25) is 0 Å². The molecule has 0 spiro atoms. The molecule has 1 aromatic carbocycles. The predicted octanol–water partition coefficient (Wildman–Crippen LogP) is 3.18. The van der Waals surface area contributed by atoms with Gasteiger partial charge in [-0.1, -0.05) is 30.3 Å². The van der Waals surface area contributed by atoms with Gasteiger partial charge in [0.05, 0.1) is 0 Å². The van der Waals surface area contributed by atoms with Crippen LogP contribution in [0.25, 0.3) is 0 Å². The maximum absolute atomic E-state index is 12.1. The number of anilines is 1. The molecule has 0 aromatic heterocycles. The van der Waals surface area contributed by atoms with Crippen LogP contribution in [0.4, 0.5) is 5.69 Å². The van der Waals surface area contributed by atoms with Crippen molar-refractivity contribution in [1.82, 2.24) is 0 Å². The second-order valence-electron chi connectivity index (χ2n) is 4.09. The fraction of sp³-hybridized carbons (Fsp3) is 0.214. The van der Waals surface area contributed by atoms with Crippen LogP contribution in [0, 0.1) is 0 Å². The Hall–Kier alpha value is -1.83. The Kier molecular flexibility index (Phi) is 2.91. The molecule has 2 heteroatoms. The molecule has 1 aromatic rings. The van der Waals surface area contributed by atoms with Gasteiger partial charge in [-0.15, -0.1) is 0 Å². The second kappa shape index (κ2) is 4.35. The summed E-state index contributed by atoms with van der Waals surface area (Å²) in [7, 11) is 0. The van der Waals surface area contributed by atoms with Crippen molar-refractivity contribution in [2.75, 3.05) is 4.90 Å². The Morgan fingerprint density at radius 1 is 1.00 bits per heavy atom. The van der Waals surface area contributed by atoms with Crippen LogP contribution < -0.4 is 4.90 Å². The lowest BCUT2D eigenvalue weighted by Crippen LogP contribution is -2.33. The SMILES string of the molecule is CC(C)N1C(=O)c2cccccccc1c2. The molecule has 1 aliphatic heterocycles. The number of fused-ring (bicyclic) bond motifs is 2. The van der Waals surface area contributed by atoms with Crippen molar-refractivity contribution < 1.29 is 4.79 Å². The van der Waals surface area contributed by atoms with E-state index in [1.54, 1.807) is 0 Å². The first-order valence-corrected chi connectivity index (χ1v) is 5.47. The van der Waals surface area contributed by atoms with Crippen molar-refractivity contribution in [2.24, 2.45) is 0 Å². The van der Waals surface area contributed by atoms with Crippen molar-refractivity contribution in [3.05, 3.63) is 54.1 Å². The van der Waals surface area contributed by atoms with Gasteiger partial charge in [0.2, 0.25) is 0 Å². The highest BCUT2D eigenvalue weighted by Gasteiger charge is 2.25. The average Bonchev–Trinajstić information content (AvgIpc) is 2.54. The van der Waals surface area contributed by atoms with Crippen LogP contribution in [0.1, 0.15) is 24.2 Å². The first kappa shape index (κ1) is 10.7. The molecule has 2 bridgehead atoms. The van der Waals surface area contributed by atoms with Crippen molar-refractivity contribution in [3.8, 4) is 0 Å². The third kappa shape index (κ3) is 1.91. The maximum Gasteiger partial charge on any atom is 0.258 e. The molecule has 0 atom stereocenters. The molecule has 1 aliphatic rings. The van der Waals surface area contributed by atoms with Gasteiger partial charge in [-0.05, 0) is 32.0 Å². The summed E-state index contributed by atoms with van der Waals surface area (Å²) < 4.78 is 0. The normalized spacial score (nSPS) is 12.9. The van der Waals surface area contributed by atoms with Crippen molar-refractivity contribution in [1.29, 1.82) is 0 Å². The molecule has 1 heterocycles. The summed E-state index contributed by atoms with van der Waals surface area (Å²) in [5.74, 6) is 0.0844. The summed E-state index contributed by atoms with van der Waals surface area (Å²) in [5.41, 5.74) is 1.71. The first-order valence-electron chi connectivity index (χ1n) is 5.47. The summed E-state index contributed by atoms with van der Waals surface area (Å²) in [6.45, 7) is 4.04. The Labute approximate surface area is 95.8 Å². The quantitative estimate of drug-likeness (QED) is 0.701. The third-order valence-corrected chi connectivity index (χ3v) is 2.55. The van der Waals surface area contributed by atoms with E-state index in [1.165, 1.54) is 0 Å². The minimum Gasteiger partial charge on any atom is -0.306 e. The molecule has 0 unspecified atom stereocenters.